The van der Waals surface area contributed by atoms with Crippen LogP contribution in [0.2, 0.25) is 0 Å². The van der Waals surface area contributed by atoms with E-state index in [0.717, 1.165) is 0 Å². The Labute approximate surface area is 54.3 Å². The maximum Gasteiger partial charge on any atom is 0.108 e. The van der Waals surface area contributed by atoms with Crippen molar-refractivity contribution in [1.82, 2.24) is 0 Å². The van der Waals surface area contributed by atoms with Crippen molar-refractivity contribution in [3.63, 3.8) is 0 Å². The van der Waals surface area contributed by atoms with Gasteiger partial charge in [-0.05, 0) is 13.8 Å². The molecule has 0 aromatic carbocycles. The molecule has 0 amide bonds. The van der Waals surface area contributed by atoms with Crippen LogP contribution in [-0.4, -0.2) is 34.6 Å². The van der Waals surface area contributed by atoms with Crippen LogP contribution in [0.25, 0.3) is 0 Å². The lowest BCUT2D eigenvalue weighted by Crippen LogP contribution is -2.30. The topological polar surface area (TPSA) is 49.7 Å². The Morgan fingerprint density at radius 3 is 1.44 bits per heavy atom. The molecule has 1 fully saturated rings. The number of aliphatic hydroxyl groups excluding tert-OH is 2. The van der Waals surface area contributed by atoms with Crippen molar-refractivity contribution in [3.8, 4) is 0 Å². The molecule has 0 bridgehead atoms. The third-order valence-corrected chi connectivity index (χ3v) is 1.74. The summed E-state index contributed by atoms with van der Waals surface area (Å²) in [5.41, 5.74) is 0. The molecule has 4 atom stereocenters. The van der Waals surface area contributed by atoms with Gasteiger partial charge in [-0.25, -0.2) is 0 Å². The first kappa shape index (κ1) is 6.99. The first-order valence-corrected chi connectivity index (χ1v) is 3.14. The van der Waals surface area contributed by atoms with E-state index in [9.17, 15) is 0 Å². The monoisotopic (exact) mass is 132 g/mol. The summed E-state index contributed by atoms with van der Waals surface area (Å²) in [6.45, 7) is 3.49. The maximum atomic E-state index is 9.06. The number of rotatable bonds is 0. The van der Waals surface area contributed by atoms with Gasteiger partial charge >= 0.3 is 0 Å². The Hall–Kier alpha value is -0.120. The highest BCUT2D eigenvalue weighted by molar-refractivity contribution is 4.85. The second-order valence-corrected chi connectivity index (χ2v) is 2.53. The molecule has 1 saturated heterocycles. The van der Waals surface area contributed by atoms with Crippen LogP contribution >= 0.6 is 0 Å². The minimum atomic E-state index is -0.708. The van der Waals surface area contributed by atoms with Crippen molar-refractivity contribution in [3.05, 3.63) is 0 Å². The molecule has 0 radical (unpaired) electrons. The predicted molar refractivity (Wildman–Crippen MR) is 32.0 cm³/mol. The van der Waals surface area contributed by atoms with E-state index in [1.54, 1.807) is 13.8 Å². The Morgan fingerprint density at radius 1 is 1.00 bits per heavy atom. The van der Waals surface area contributed by atoms with Crippen molar-refractivity contribution in [2.45, 2.75) is 38.3 Å². The molecule has 1 heterocycles. The normalized spacial score (nSPS) is 52.0. The van der Waals surface area contributed by atoms with Gasteiger partial charge in [-0.2, -0.15) is 0 Å². The lowest BCUT2D eigenvalue weighted by molar-refractivity contribution is 0.0281. The van der Waals surface area contributed by atoms with Gasteiger partial charge in [0.1, 0.15) is 12.2 Å². The fourth-order valence-electron chi connectivity index (χ4n) is 1.05. The quantitative estimate of drug-likeness (QED) is 0.468. The Bertz CT molecular complexity index is 92.5. The number of hydrogen-bond acceptors (Lipinski definition) is 3. The van der Waals surface area contributed by atoms with Crippen molar-refractivity contribution in [2.75, 3.05) is 0 Å². The van der Waals surface area contributed by atoms with E-state index in [1.165, 1.54) is 0 Å². The van der Waals surface area contributed by atoms with Gasteiger partial charge in [0, 0.05) is 0 Å². The summed E-state index contributed by atoms with van der Waals surface area (Å²) in [6, 6.07) is 0. The maximum absolute atomic E-state index is 9.06. The van der Waals surface area contributed by atoms with Gasteiger partial charge in [0.15, 0.2) is 0 Å². The Balaban J connectivity index is 2.54. The summed E-state index contributed by atoms with van der Waals surface area (Å²) < 4.78 is 5.09. The van der Waals surface area contributed by atoms with Crippen LogP contribution < -0.4 is 0 Å². The molecular weight excluding hydrogens is 120 g/mol. The van der Waals surface area contributed by atoms with Gasteiger partial charge in [-0.1, -0.05) is 0 Å². The average molecular weight is 132 g/mol. The molecule has 2 N–H and O–H groups in total. The molecule has 0 aliphatic carbocycles. The molecule has 9 heavy (non-hydrogen) atoms. The lowest BCUT2D eigenvalue weighted by Gasteiger charge is -2.08. The van der Waals surface area contributed by atoms with Crippen LogP contribution in [0.5, 0.6) is 0 Å². The standard InChI is InChI=1S/C6H12O3/c1-3-5(7)6(8)4(2)9-3/h3-8H,1-2H3/t3?,4?,5-,6?/m0/s1. The van der Waals surface area contributed by atoms with Crippen LogP contribution in [0.3, 0.4) is 0 Å². The van der Waals surface area contributed by atoms with Crippen molar-refractivity contribution >= 4 is 0 Å². The second-order valence-electron chi connectivity index (χ2n) is 2.53. The van der Waals surface area contributed by atoms with Crippen LogP contribution in [0.1, 0.15) is 13.8 Å². The van der Waals surface area contributed by atoms with Crippen LogP contribution in [0.4, 0.5) is 0 Å². The smallest absolute Gasteiger partial charge is 0.108 e. The summed E-state index contributed by atoms with van der Waals surface area (Å²) in [7, 11) is 0. The molecule has 0 aromatic heterocycles. The van der Waals surface area contributed by atoms with E-state index in [1.807, 2.05) is 0 Å². The van der Waals surface area contributed by atoms with Crippen molar-refractivity contribution < 1.29 is 14.9 Å². The largest absolute Gasteiger partial charge is 0.388 e. The third kappa shape index (κ3) is 1.08. The van der Waals surface area contributed by atoms with Gasteiger partial charge in [-0.3, -0.25) is 0 Å². The zero-order valence-corrected chi connectivity index (χ0v) is 5.61. The lowest BCUT2D eigenvalue weighted by atomic mass is 10.1. The number of hydrogen-bond donors (Lipinski definition) is 2. The van der Waals surface area contributed by atoms with Gasteiger partial charge in [0.05, 0.1) is 12.2 Å². The van der Waals surface area contributed by atoms with E-state index in [-0.39, 0.29) is 12.2 Å². The van der Waals surface area contributed by atoms with Gasteiger partial charge in [0.25, 0.3) is 0 Å². The minimum absolute atomic E-state index is 0.227. The van der Waals surface area contributed by atoms with E-state index >= 15 is 0 Å². The highest BCUT2D eigenvalue weighted by atomic mass is 16.5. The Kier molecular flexibility index (Phi) is 1.75. The summed E-state index contributed by atoms with van der Waals surface area (Å²) in [6.07, 6.45) is -1.87. The fourth-order valence-corrected chi connectivity index (χ4v) is 1.05. The van der Waals surface area contributed by atoms with Gasteiger partial charge in [0.2, 0.25) is 0 Å². The van der Waals surface area contributed by atoms with E-state index in [4.69, 9.17) is 14.9 Å². The molecule has 1 aliphatic rings. The molecule has 3 unspecified atom stereocenters. The number of ether oxygens (including phenoxy) is 1. The summed E-state index contributed by atoms with van der Waals surface area (Å²) in [5.74, 6) is 0. The molecule has 0 aromatic rings. The predicted octanol–water partition coefficient (Wildman–Crippen LogP) is -0.485. The first-order chi connectivity index (χ1) is 4.13. The van der Waals surface area contributed by atoms with Crippen LogP contribution in [-0.2, 0) is 4.74 Å². The molecule has 54 valence electrons. The Morgan fingerprint density at radius 2 is 1.33 bits per heavy atom. The van der Waals surface area contributed by atoms with E-state index < -0.39 is 12.2 Å². The minimum Gasteiger partial charge on any atom is -0.388 e. The van der Waals surface area contributed by atoms with Crippen molar-refractivity contribution in [2.24, 2.45) is 0 Å². The molecule has 1 aliphatic heterocycles. The number of aliphatic hydroxyl groups is 2. The fraction of sp³-hybridized carbons (Fsp3) is 1.00. The molecule has 3 heteroatoms. The molecule has 0 saturated carbocycles. The summed E-state index contributed by atoms with van der Waals surface area (Å²) in [5, 5.41) is 18.1. The first-order valence-electron chi connectivity index (χ1n) is 3.14. The van der Waals surface area contributed by atoms with Gasteiger partial charge < -0.3 is 14.9 Å². The highest BCUT2D eigenvalue weighted by Crippen LogP contribution is 2.19. The zero-order chi connectivity index (χ0) is 7.02. The van der Waals surface area contributed by atoms with E-state index in [2.05, 4.69) is 0 Å². The van der Waals surface area contributed by atoms with Crippen molar-refractivity contribution in [1.29, 1.82) is 0 Å². The summed E-state index contributed by atoms with van der Waals surface area (Å²) in [4.78, 5) is 0. The van der Waals surface area contributed by atoms with Crippen LogP contribution in [0.15, 0.2) is 0 Å². The molecule has 0 spiro atoms. The summed E-state index contributed by atoms with van der Waals surface area (Å²) >= 11 is 0. The molecule has 1 rings (SSSR count). The average Bonchev–Trinajstić information content (AvgIpc) is 1.98. The van der Waals surface area contributed by atoms with Gasteiger partial charge in [-0.15, -0.1) is 0 Å². The second kappa shape index (κ2) is 2.25. The van der Waals surface area contributed by atoms with Crippen LogP contribution in [0, 0.1) is 0 Å². The third-order valence-electron chi connectivity index (χ3n) is 1.74. The zero-order valence-electron chi connectivity index (χ0n) is 5.61. The molecule has 3 nitrogen and oxygen atoms in total. The van der Waals surface area contributed by atoms with E-state index in [0.29, 0.717) is 0 Å². The molecular formula is C6H12O3. The highest BCUT2D eigenvalue weighted by Gasteiger charge is 2.36. The SMILES string of the molecule is CC1OC(C)[C@H](O)C1O.